The van der Waals surface area contributed by atoms with Gasteiger partial charge in [-0.25, -0.2) is 0 Å². The maximum Gasteiger partial charge on any atom is 0.262 e. The zero-order valence-electron chi connectivity index (χ0n) is 12.2. The van der Waals surface area contributed by atoms with Crippen molar-refractivity contribution in [3.63, 3.8) is 0 Å². The average molecular weight is 334 g/mol. The third-order valence-corrected chi connectivity index (χ3v) is 5.04. The molecule has 0 saturated carbocycles. The zero-order chi connectivity index (χ0) is 15.5. The van der Waals surface area contributed by atoms with Crippen LogP contribution >= 0.6 is 22.9 Å². The fraction of sp³-hybridized carbons (Fsp3) is 0.250. The van der Waals surface area contributed by atoms with Crippen LogP contribution in [0.15, 0.2) is 36.5 Å². The first kappa shape index (κ1) is 15.1. The first-order valence-electron chi connectivity index (χ1n) is 7.10. The monoisotopic (exact) mass is 333 g/mol. The zero-order valence-corrected chi connectivity index (χ0v) is 13.7. The molecule has 0 bridgehead atoms. The number of thiophene rings is 1. The van der Waals surface area contributed by atoms with Gasteiger partial charge in [0.05, 0.1) is 10.7 Å². The van der Waals surface area contributed by atoms with Crippen molar-refractivity contribution in [1.29, 1.82) is 0 Å². The molecule has 1 amide bonds. The number of halogens is 1. The van der Waals surface area contributed by atoms with Gasteiger partial charge in [-0.05, 0) is 25.5 Å². The topological polar surface area (TPSA) is 46.9 Å². The highest BCUT2D eigenvalue weighted by atomic mass is 35.5. The molecule has 0 fully saturated rings. The number of hydrogen-bond donors (Lipinski definition) is 1. The molecule has 1 aromatic carbocycles. The fourth-order valence-corrected chi connectivity index (χ4v) is 3.70. The van der Waals surface area contributed by atoms with E-state index in [4.69, 9.17) is 11.6 Å². The van der Waals surface area contributed by atoms with E-state index in [1.807, 2.05) is 48.1 Å². The average Bonchev–Trinajstić information content (AvgIpc) is 3.08. The Balaban J connectivity index is 1.58. The summed E-state index contributed by atoms with van der Waals surface area (Å²) in [6.45, 7) is 3.35. The molecule has 0 atom stereocenters. The Morgan fingerprint density at radius 3 is 2.91 bits per heavy atom. The smallest absolute Gasteiger partial charge is 0.262 e. The quantitative estimate of drug-likeness (QED) is 0.720. The van der Waals surface area contributed by atoms with Crippen molar-refractivity contribution in [3.05, 3.63) is 52.1 Å². The van der Waals surface area contributed by atoms with Gasteiger partial charge in [0.15, 0.2) is 0 Å². The minimum Gasteiger partial charge on any atom is -0.351 e. The molecule has 0 spiro atoms. The van der Waals surface area contributed by atoms with E-state index in [0.717, 1.165) is 28.7 Å². The number of fused-ring (bicyclic) bond motifs is 1. The van der Waals surface area contributed by atoms with Gasteiger partial charge in [0.25, 0.3) is 5.91 Å². The third kappa shape index (κ3) is 3.15. The Bertz CT molecular complexity index is 809. The van der Waals surface area contributed by atoms with E-state index in [9.17, 15) is 4.79 Å². The van der Waals surface area contributed by atoms with Crippen molar-refractivity contribution in [2.45, 2.75) is 19.9 Å². The number of nitrogens with one attached hydrogen (secondary N) is 1. The van der Waals surface area contributed by atoms with E-state index in [-0.39, 0.29) is 5.91 Å². The lowest BCUT2D eigenvalue weighted by atomic mass is 10.2. The highest BCUT2D eigenvalue weighted by molar-refractivity contribution is 7.21. The molecule has 2 aromatic heterocycles. The van der Waals surface area contributed by atoms with Crippen LogP contribution in [-0.4, -0.2) is 22.2 Å². The Kier molecular flexibility index (Phi) is 4.45. The maximum atomic E-state index is 12.2. The molecule has 114 valence electrons. The molecule has 0 aliphatic heterocycles. The molecule has 0 aliphatic carbocycles. The number of aromatic nitrogens is 2. The summed E-state index contributed by atoms with van der Waals surface area (Å²) in [5, 5.41) is 8.72. The molecule has 3 aromatic rings. The Labute approximate surface area is 137 Å². The number of rotatable bonds is 5. The number of benzene rings is 1. The van der Waals surface area contributed by atoms with Crippen LogP contribution in [0.2, 0.25) is 5.02 Å². The van der Waals surface area contributed by atoms with Crippen LogP contribution in [0, 0.1) is 6.92 Å². The van der Waals surface area contributed by atoms with Gasteiger partial charge in [-0.1, -0.05) is 29.8 Å². The SMILES string of the molecule is Cc1ccn(CCCNC(=O)c2sc3ccccc3c2Cl)n1. The Morgan fingerprint density at radius 2 is 2.18 bits per heavy atom. The molecule has 0 unspecified atom stereocenters. The summed E-state index contributed by atoms with van der Waals surface area (Å²) in [7, 11) is 0. The van der Waals surface area contributed by atoms with E-state index < -0.39 is 0 Å². The second kappa shape index (κ2) is 6.50. The van der Waals surface area contributed by atoms with Crippen LogP contribution in [0.1, 0.15) is 21.8 Å². The standard InChI is InChI=1S/C16H16ClN3OS/c1-11-7-10-20(19-11)9-4-8-18-16(21)15-14(17)12-5-2-3-6-13(12)22-15/h2-3,5-7,10H,4,8-9H2,1H3,(H,18,21). The van der Waals surface area contributed by atoms with E-state index in [1.54, 1.807) is 0 Å². The largest absolute Gasteiger partial charge is 0.351 e. The minimum atomic E-state index is -0.108. The summed E-state index contributed by atoms with van der Waals surface area (Å²) < 4.78 is 2.91. The van der Waals surface area contributed by atoms with Gasteiger partial charge in [-0.3, -0.25) is 9.48 Å². The number of amides is 1. The van der Waals surface area contributed by atoms with E-state index in [0.29, 0.717) is 16.4 Å². The molecule has 22 heavy (non-hydrogen) atoms. The Hall–Kier alpha value is -1.85. The van der Waals surface area contributed by atoms with Crippen LogP contribution < -0.4 is 5.32 Å². The first-order valence-corrected chi connectivity index (χ1v) is 8.30. The fourth-order valence-electron chi connectivity index (χ4n) is 2.27. The molecule has 0 radical (unpaired) electrons. The van der Waals surface area contributed by atoms with Gasteiger partial charge in [0.2, 0.25) is 0 Å². The lowest BCUT2D eigenvalue weighted by Gasteiger charge is -2.04. The van der Waals surface area contributed by atoms with Crippen molar-refractivity contribution < 1.29 is 4.79 Å². The van der Waals surface area contributed by atoms with E-state index >= 15 is 0 Å². The molecule has 2 heterocycles. The van der Waals surface area contributed by atoms with Crippen molar-refractivity contribution in [2.75, 3.05) is 6.54 Å². The summed E-state index contributed by atoms with van der Waals surface area (Å²) in [6.07, 6.45) is 2.77. The van der Waals surface area contributed by atoms with Gasteiger partial charge in [-0.2, -0.15) is 5.10 Å². The summed E-state index contributed by atoms with van der Waals surface area (Å²) in [5.41, 5.74) is 1.00. The van der Waals surface area contributed by atoms with Gasteiger partial charge in [-0.15, -0.1) is 11.3 Å². The summed E-state index contributed by atoms with van der Waals surface area (Å²) >= 11 is 7.73. The number of aryl methyl sites for hydroxylation is 2. The van der Waals surface area contributed by atoms with Crippen molar-refractivity contribution >= 4 is 38.9 Å². The van der Waals surface area contributed by atoms with Crippen LogP contribution in [0.3, 0.4) is 0 Å². The molecule has 3 rings (SSSR count). The van der Waals surface area contributed by atoms with Gasteiger partial charge >= 0.3 is 0 Å². The molecule has 4 nitrogen and oxygen atoms in total. The molecule has 0 aliphatic rings. The summed E-state index contributed by atoms with van der Waals surface area (Å²) in [6, 6.07) is 9.75. The minimum absolute atomic E-state index is 0.108. The Morgan fingerprint density at radius 1 is 1.36 bits per heavy atom. The molecule has 0 saturated heterocycles. The number of carbonyl (C=O) groups is 1. The lowest BCUT2D eigenvalue weighted by molar-refractivity contribution is 0.0957. The predicted molar refractivity (Wildman–Crippen MR) is 90.7 cm³/mol. The molecular weight excluding hydrogens is 318 g/mol. The number of nitrogens with zero attached hydrogens (tertiary/aromatic N) is 2. The normalized spacial score (nSPS) is 11.0. The highest BCUT2D eigenvalue weighted by Gasteiger charge is 2.16. The van der Waals surface area contributed by atoms with Crippen LogP contribution in [-0.2, 0) is 6.54 Å². The highest BCUT2D eigenvalue weighted by Crippen LogP contribution is 2.34. The number of carbonyl (C=O) groups excluding carboxylic acids is 1. The van der Waals surface area contributed by atoms with Gasteiger partial charge in [0.1, 0.15) is 4.88 Å². The van der Waals surface area contributed by atoms with Crippen molar-refractivity contribution in [2.24, 2.45) is 0 Å². The third-order valence-electron chi connectivity index (χ3n) is 3.36. The summed E-state index contributed by atoms with van der Waals surface area (Å²) in [4.78, 5) is 12.8. The summed E-state index contributed by atoms with van der Waals surface area (Å²) in [5.74, 6) is -0.108. The molecule has 6 heteroatoms. The van der Waals surface area contributed by atoms with Crippen molar-refractivity contribution in [1.82, 2.24) is 15.1 Å². The van der Waals surface area contributed by atoms with Crippen LogP contribution in [0.5, 0.6) is 0 Å². The predicted octanol–water partition coefficient (Wildman–Crippen LogP) is 3.88. The maximum absolute atomic E-state index is 12.2. The second-order valence-electron chi connectivity index (χ2n) is 5.07. The van der Waals surface area contributed by atoms with Gasteiger partial charge < -0.3 is 5.32 Å². The van der Waals surface area contributed by atoms with Gasteiger partial charge in [0, 0.05) is 29.4 Å². The van der Waals surface area contributed by atoms with E-state index in [2.05, 4.69) is 10.4 Å². The molecular formula is C16H16ClN3OS. The molecule has 1 N–H and O–H groups in total. The van der Waals surface area contributed by atoms with Crippen LogP contribution in [0.25, 0.3) is 10.1 Å². The number of hydrogen-bond acceptors (Lipinski definition) is 3. The van der Waals surface area contributed by atoms with E-state index in [1.165, 1.54) is 11.3 Å². The first-order chi connectivity index (χ1) is 10.6. The lowest BCUT2D eigenvalue weighted by Crippen LogP contribution is -2.24. The second-order valence-corrected chi connectivity index (χ2v) is 6.50. The van der Waals surface area contributed by atoms with Crippen molar-refractivity contribution in [3.8, 4) is 0 Å². The van der Waals surface area contributed by atoms with Crippen LogP contribution in [0.4, 0.5) is 0 Å².